The second-order valence-corrected chi connectivity index (χ2v) is 5.35. The van der Waals surface area contributed by atoms with E-state index in [1.807, 2.05) is 42.8 Å². The fraction of sp³-hybridized carbons (Fsp3) is 0.438. The van der Waals surface area contributed by atoms with E-state index in [4.69, 9.17) is 4.74 Å². The van der Waals surface area contributed by atoms with Crippen molar-refractivity contribution in [3.8, 4) is 5.75 Å². The summed E-state index contributed by atoms with van der Waals surface area (Å²) in [6.07, 6.45) is 0. The highest BCUT2D eigenvalue weighted by atomic mass is 16.5. The number of aryl methyl sites for hydroxylation is 1. The molecule has 0 unspecified atom stereocenters. The summed E-state index contributed by atoms with van der Waals surface area (Å²) >= 11 is 0. The number of rotatable bonds is 5. The van der Waals surface area contributed by atoms with Gasteiger partial charge in [0.05, 0.1) is 6.61 Å². The van der Waals surface area contributed by atoms with Crippen LogP contribution < -0.4 is 10.1 Å². The molecule has 1 aromatic heterocycles. The van der Waals surface area contributed by atoms with Gasteiger partial charge in [0.25, 0.3) is 5.91 Å². The van der Waals surface area contributed by atoms with Gasteiger partial charge in [-0.1, -0.05) is 13.8 Å². The summed E-state index contributed by atoms with van der Waals surface area (Å²) in [5.74, 6) is 1.24. The molecule has 0 bridgehead atoms. The zero-order valence-electron chi connectivity index (χ0n) is 12.6. The Kier molecular flexibility index (Phi) is 4.32. The highest BCUT2D eigenvalue weighted by molar-refractivity contribution is 5.99. The van der Waals surface area contributed by atoms with E-state index in [0.29, 0.717) is 24.8 Å². The number of fused-ring (bicyclic) bond motifs is 1. The van der Waals surface area contributed by atoms with Crippen molar-refractivity contribution >= 4 is 16.8 Å². The molecule has 0 spiro atoms. The second-order valence-electron chi connectivity index (χ2n) is 5.35. The van der Waals surface area contributed by atoms with Crippen LogP contribution in [-0.2, 0) is 7.05 Å². The molecule has 1 N–H and O–H groups in total. The maximum Gasteiger partial charge on any atom is 0.267 e. The number of carbonyl (C=O) groups excluding carboxylic acids is 1. The number of ether oxygens (including phenoxy) is 1. The van der Waals surface area contributed by atoms with Gasteiger partial charge in [-0.25, -0.2) is 0 Å². The minimum atomic E-state index is -0.0321. The molecule has 4 heteroatoms. The number of carbonyl (C=O) groups is 1. The minimum absolute atomic E-state index is 0.0321. The Hall–Kier alpha value is -1.97. The van der Waals surface area contributed by atoms with Crippen molar-refractivity contribution in [1.29, 1.82) is 0 Å². The molecule has 1 amide bonds. The van der Waals surface area contributed by atoms with E-state index < -0.39 is 0 Å². The molecule has 108 valence electrons. The maximum absolute atomic E-state index is 12.2. The molecule has 0 saturated carbocycles. The first-order chi connectivity index (χ1) is 9.52. The fourth-order valence-electron chi connectivity index (χ4n) is 2.19. The Morgan fingerprint density at radius 1 is 1.35 bits per heavy atom. The van der Waals surface area contributed by atoms with Crippen LogP contribution in [0.2, 0.25) is 0 Å². The predicted octanol–water partition coefficient (Wildman–Crippen LogP) is 2.96. The van der Waals surface area contributed by atoms with E-state index in [1.54, 1.807) is 0 Å². The van der Waals surface area contributed by atoms with Crippen molar-refractivity contribution in [3.05, 3.63) is 30.0 Å². The normalized spacial score (nSPS) is 11.1. The van der Waals surface area contributed by atoms with Crippen molar-refractivity contribution in [2.45, 2.75) is 20.8 Å². The highest BCUT2D eigenvalue weighted by Gasteiger charge is 2.13. The lowest BCUT2D eigenvalue weighted by Gasteiger charge is -2.08. The van der Waals surface area contributed by atoms with E-state index >= 15 is 0 Å². The van der Waals surface area contributed by atoms with Gasteiger partial charge in [-0.2, -0.15) is 0 Å². The first-order valence-corrected chi connectivity index (χ1v) is 7.03. The van der Waals surface area contributed by atoms with Crippen LogP contribution in [0.3, 0.4) is 0 Å². The third-order valence-electron chi connectivity index (χ3n) is 3.23. The highest BCUT2D eigenvalue weighted by Crippen LogP contribution is 2.24. The quantitative estimate of drug-likeness (QED) is 0.911. The Morgan fingerprint density at radius 2 is 2.10 bits per heavy atom. The lowest BCUT2D eigenvalue weighted by Crippen LogP contribution is -2.28. The van der Waals surface area contributed by atoms with Gasteiger partial charge in [-0.3, -0.25) is 4.79 Å². The van der Waals surface area contributed by atoms with Crippen molar-refractivity contribution in [1.82, 2.24) is 9.88 Å². The number of amides is 1. The Labute approximate surface area is 119 Å². The molecular formula is C16H22N2O2. The fourth-order valence-corrected chi connectivity index (χ4v) is 2.19. The van der Waals surface area contributed by atoms with Crippen molar-refractivity contribution in [3.63, 3.8) is 0 Å². The minimum Gasteiger partial charge on any atom is -0.494 e. The van der Waals surface area contributed by atoms with E-state index in [2.05, 4.69) is 19.2 Å². The van der Waals surface area contributed by atoms with Gasteiger partial charge in [0.1, 0.15) is 11.4 Å². The zero-order chi connectivity index (χ0) is 14.7. The average Bonchev–Trinajstić information content (AvgIpc) is 2.73. The molecule has 0 aliphatic carbocycles. The number of nitrogens with zero attached hydrogens (tertiary/aromatic N) is 1. The molecule has 0 atom stereocenters. The number of aromatic nitrogens is 1. The molecule has 20 heavy (non-hydrogen) atoms. The van der Waals surface area contributed by atoms with Crippen LogP contribution in [0, 0.1) is 5.92 Å². The molecular weight excluding hydrogens is 252 g/mol. The standard InChI is InChI=1S/C16H22N2O2/c1-5-20-13-6-7-14-12(8-13)9-15(18(14)4)16(19)17-10-11(2)3/h6-9,11H,5,10H2,1-4H3,(H,17,19). The zero-order valence-corrected chi connectivity index (χ0v) is 12.6. The lowest BCUT2D eigenvalue weighted by molar-refractivity contribution is 0.0941. The predicted molar refractivity (Wildman–Crippen MR) is 81.3 cm³/mol. The third kappa shape index (κ3) is 2.95. The number of hydrogen-bond acceptors (Lipinski definition) is 2. The monoisotopic (exact) mass is 274 g/mol. The van der Waals surface area contributed by atoms with Crippen LogP contribution in [0.25, 0.3) is 10.9 Å². The maximum atomic E-state index is 12.2. The average molecular weight is 274 g/mol. The molecule has 0 radical (unpaired) electrons. The Balaban J connectivity index is 2.30. The first-order valence-electron chi connectivity index (χ1n) is 7.03. The van der Waals surface area contributed by atoms with Gasteiger partial charge in [0.2, 0.25) is 0 Å². The molecule has 0 fully saturated rings. The first kappa shape index (κ1) is 14.4. The van der Waals surface area contributed by atoms with Gasteiger partial charge in [0, 0.05) is 24.5 Å². The van der Waals surface area contributed by atoms with Crippen LogP contribution in [0.5, 0.6) is 5.75 Å². The van der Waals surface area contributed by atoms with E-state index in [0.717, 1.165) is 16.7 Å². The molecule has 0 aliphatic rings. The SMILES string of the molecule is CCOc1ccc2c(c1)cc(C(=O)NCC(C)C)n2C. The van der Waals surface area contributed by atoms with Gasteiger partial charge in [0.15, 0.2) is 0 Å². The summed E-state index contributed by atoms with van der Waals surface area (Å²) in [7, 11) is 1.91. The summed E-state index contributed by atoms with van der Waals surface area (Å²) < 4.78 is 7.41. The largest absolute Gasteiger partial charge is 0.494 e. The molecule has 0 saturated heterocycles. The van der Waals surface area contributed by atoms with Crippen LogP contribution in [0.1, 0.15) is 31.3 Å². The van der Waals surface area contributed by atoms with Crippen molar-refractivity contribution in [2.24, 2.45) is 13.0 Å². The summed E-state index contributed by atoms with van der Waals surface area (Å²) in [4.78, 5) is 12.2. The second kappa shape index (κ2) is 5.99. The molecule has 0 aliphatic heterocycles. The summed E-state index contributed by atoms with van der Waals surface area (Å²) in [6.45, 7) is 7.44. The van der Waals surface area contributed by atoms with Gasteiger partial charge >= 0.3 is 0 Å². The summed E-state index contributed by atoms with van der Waals surface area (Å²) in [6, 6.07) is 7.80. The number of benzene rings is 1. The molecule has 4 nitrogen and oxygen atoms in total. The van der Waals surface area contributed by atoms with Crippen molar-refractivity contribution in [2.75, 3.05) is 13.2 Å². The molecule has 1 aromatic carbocycles. The van der Waals surface area contributed by atoms with Crippen LogP contribution >= 0.6 is 0 Å². The van der Waals surface area contributed by atoms with E-state index in [1.165, 1.54) is 0 Å². The Bertz CT molecular complexity index is 614. The van der Waals surface area contributed by atoms with Gasteiger partial charge in [-0.15, -0.1) is 0 Å². The lowest BCUT2D eigenvalue weighted by atomic mass is 10.2. The number of nitrogens with one attached hydrogen (secondary N) is 1. The molecule has 1 heterocycles. The van der Waals surface area contributed by atoms with Crippen LogP contribution in [0.15, 0.2) is 24.3 Å². The number of hydrogen-bond donors (Lipinski definition) is 1. The summed E-state index contributed by atoms with van der Waals surface area (Å²) in [5, 5.41) is 3.97. The molecule has 2 aromatic rings. The smallest absolute Gasteiger partial charge is 0.267 e. The third-order valence-corrected chi connectivity index (χ3v) is 3.23. The van der Waals surface area contributed by atoms with Gasteiger partial charge in [-0.05, 0) is 37.1 Å². The topological polar surface area (TPSA) is 43.3 Å². The Morgan fingerprint density at radius 3 is 2.75 bits per heavy atom. The van der Waals surface area contributed by atoms with E-state index in [9.17, 15) is 4.79 Å². The molecule has 2 rings (SSSR count). The van der Waals surface area contributed by atoms with Crippen LogP contribution in [-0.4, -0.2) is 23.6 Å². The van der Waals surface area contributed by atoms with Gasteiger partial charge < -0.3 is 14.6 Å². The van der Waals surface area contributed by atoms with Crippen molar-refractivity contribution < 1.29 is 9.53 Å². The van der Waals surface area contributed by atoms with Crippen LogP contribution in [0.4, 0.5) is 0 Å². The summed E-state index contributed by atoms with van der Waals surface area (Å²) in [5.41, 5.74) is 1.71. The van der Waals surface area contributed by atoms with E-state index in [-0.39, 0.29) is 5.91 Å².